The van der Waals surface area contributed by atoms with Crippen LogP contribution in [0.3, 0.4) is 0 Å². The van der Waals surface area contributed by atoms with E-state index in [1.807, 2.05) is 24.3 Å². The minimum absolute atomic E-state index is 0.165. The number of methoxy groups -OCH3 is 2. The van der Waals surface area contributed by atoms with Crippen LogP contribution in [0.4, 0.5) is 0 Å². The third-order valence-electron chi connectivity index (χ3n) is 4.84. The van der Waals surface area contributed by atoms with Crippen LogP contribution < -0.4 is 14.2 Å². The molecule has 0 N–H and O–H groups in total. The fraction of sp³-hybridized carbons (Fsp3) is 0.182. The van der Waals surface area contributed by atoms with Gasteiger partial charge in [-0.2, -0.15) is 0 Å². The molecule has 27 heavy (non-hydrogen) atoms. The number of ketones is 1. The summed E-state index contributed by atoms with van der Waals surface area (Å²) in [6.07, 6.45) is 0. The Labute approximate surface area is 156 Å². The second-order valence-corrected chi connectivity index (χ2v) is 6.46. The summed E-state index contributed by atoms with van der Waals surface area (Å²) >= 11 is 0. The molecule has 3 aromatic rings. The second-order valence-electron chi connectivity index (χ2n) is 6.46. The maximum absolute atomic E-state index is 12.2. The van der Waals surface area contributed by atoms with Gasteiger partial charge in [-0.1, -0.05) is 6.07 Å². The lowest BCUT2D eigenvalue weighted by Gasteiger charge is -2.11. The molecular formula is C22H18O5. The highest BCUT2D eigenvalue weighted by atomic mass is 16.5. The fourth-order valence-electron chi connectivity index (χ4n) is 3.70. The van der Waals surface area contributed by atoms with Crippen LogP contribution >= 0.6 is 0 Å². The van der Waals surface area contributed by atoms with E-state index in [0.29, 0.717) is 11.3 Å². The van der Waals surface area contributed by atoms with Gasteiger partial charge in [-0.15, -0.1) is 0 Å². The summed E-state index contributed by atoms with van der Waals surface area (Å²) < 4.78 is 16.3. The first-order chi connectivity index (χ1) is 12.9. The van der Waals surface area contributed by atoms with Crippen molar-refractivity contribution in [3.05, 3.63) is 42.0 Å². The number of ether oxygens (including phenoxy) is 3. The lowest BCUT2D eigenvalue weighted by atomic mass is 9.98. The van der Waals surface area contributed by atoms with E-state index in [9.17, 15) is 9.59 Å². The fourth-order valence-corrected chi connectivity index (χ4v) is 3.70. The highest BCUT2D eigenvalue weighted by molar-refractivity contribution is 6.18. The molecule has 3 aromatic carbocycles. The lowest BCUT2D eigenvalue weighted by molar-refractivity contribution is -0.131. The van der Waals surface area contributed by atoms with Crippen LogP contribution in [0.1, 0.15) is 24.2 Å². The average Bonchev–Trinajstić information content (AvgIpc) is 2.95. The van der Waals surface area contributed by atoms with E-state index in [4.69, 9.17) is 14.2 Å². The molecule has 5 heteroatoms. The van der Waals surface area contributed by atoms with Crippen molar-refractivity contribution in [2.45, 2.75) is 13.8 Å². The Bertz CT molecular complexity index is 1130. The molecule has 0 unspecified atom stereocenters. The molecule has 0 heterocycles. The van der Waals surface area contributed by atoms with Crippen molar-refractivity contribution >= 4 is 22.5 Å². The molecule has 0 atom stereocenters. The molecule has 0 fully saturated rings. The topological polar surface area (TPSA) is 61.8 Å². The van der Waals surface area contributed by atoms with E-state index in [2.05, 4.69) is 0 Å². The van der Waals surface area contributed by atoms with Crippen molar-refractivity contribution in [2.75, 3.05) is 14.2 Å². The molecule has 0 aromatic heterocycles. The Morgan fingerprint density at radius 3 is 2.15 bits per heavy atom. The molecule has 4 rings (SSSR count). The predicted octanol–water partition coefficient (Wildman–Crippen LogP) is 4.63. The SMILES string of the molecule is COc1cc2c3c(ccc(OC)c3c1)-c1cc(OC(C)=O)c(C(C)=O)cc1-2. The zero-order valence-corrected chi connectivity index (χ0v) is 15.5. The highest BCUT2D eigenvalue weighted by Gasteiger charge is 2.27. The zero-order valence-electron chi connectivity index (χ0n) is 15.5. The normalized spacial score (nSPS) is 11.3. The van der Waals surface area contributed by atoms with Crippen molar-refractivity contribution in [1.82, 2.24) is 0 Å². The van der Waals surface area contributed by atoms with Crippen molar-refractivity contribution in [2.24, 2.45) is 0 Å². The van der Waals surface area contributed by atoms with Gasteiger partial charge in [0.2, 0.25) is 0 Å². The zero-order chi connectivity index (χ0) is 19.3. The van der Waals surface area contributed by atoms with Crippen LogP contribution in [0.15, 0.2) is 36.4 Å². The summed E-state index contributed by atoms with van der Waals surface area (Å²) in [6, 6.07) is 11.3. The smallest absolute Gasteiger partial charge is 0.308 e. The van der Waals surface area contributed by atoms with Crippen molar-refractivity contribution in [3.63, 3.8) is 0 Å². The van der Waals surface area contributed by atoms with Gasteiger partial charge in [-0.3, -0.25) is 9.59 Å². The molecule has 0 spiro atoms. The maximum Gasteiger partial charge on any atom is 0.308 e. The Kier molecular flexibility index (Phi) is 3.88. The van der Waals surface area contributed by atoms with Crippen LogP contribution in [0, 0.1) is 0 Å². The van der Waals surface area contributed by atoms with Crippen LogP contribution in [-0.4, -0.2) is 26.0 Å². The standard InChI is InChI=1S/C22H18O5/c1-11(23)15-9-16-17(10-21(15)27-12(2)24)14-5-6-20(26-4)19-8-13(25-3)7-18(16)22(14)19/h5-10H,1-4H3. The van der Waals surface area contributed by atoms with Gasteiger partial charge in [-0.05, 0) is 59.5 Å². The summed E-state index contributed by atoms with van der Waals surface area (Å²) in [7, 11) is 3.25. The van der Waals surface area contributed by atoms with Crippen LogP contribution in [0.5, 0.6) is 17.2 Å². The number of hydrogen-bond donors (Lipinski definition) is 0. The van der Waals surface area contributed by atoms with E-state index in [0.717, 1.165) is 38.8 Å². The van der Waals surface area contributed by atoms with E-state index < -0.39 is 5.97 Å². The minimum atomic E-state index is -0.463. The first-order valence-corrected chi connectivity index (χ1v) is 8.51. The number of carbonyl (C=O) groups excluding carboxylic acids is 2. The molecule has 0 saturated heterocycles. The first-order valence-electron chi connectivity index (χ1n) is 8.51. The predicted molar refractivity (Wildman–Crippen MR) is 103 cm³/mol. The molecule has 1 aliphatic rings. The van der Waals surface area contributed by atoms with Gasteiger partial charge in [0.15, 0.2) is 5.78 Å². The van der Waals surface area contributed by atoms with Crippen molar-refractivity contribution in [3.8, 4) is 39.5 Å². The number of rotatable bonds is 4. The molecule has 0 amide bonds. The number of hydrogen-bond acceptors (Lipinski definition) is 5. The maximum atomic E-state index is 12.2. The van der Waals surface area contributed by atoms with Gasteiger partial charge < -0.3 is 14.2 Å². The molecule has 5 nitrogen and oxygen atoms in total. The Morgan fingerprint density at radius 1 is 0.778 bits per heavy atom. The Morgan fingerprint density at radius 2 is 1.52 bits per heavy atom. The summed E-state index contributed by atoms with van der Waals surface area (Å²) in [5, 5.41) is 1.96. The highest BCUT2D eigenvalue weighted by Crippen LogP contribution is 2.52. The van der Waals surface area contributed by atoms with Crippen molar-refractivity contribution < 1.29 is 23.8 Å². The van der Waals surface area contributed by atoms with E-state index >= 15 is 0 Å². The van der Waals surface area contributed by atoms with Gasteiger partial charge in [0.05, 0.1) is 19.8 Å². The first kappa shape index (κ1) is 17.1. The number of carbonyl (C=O) groups is 2. The monoisotopic (exact) mass is 362 g/mol. The second kappa shape index (κ2) is 6.13. The molecular weight excluding hydrogens is 344 g/mol. The van der Waals surface area contributed by atoms with Gasteiger partial charge in [0.1, 0.15) is 17.2 Å². The van der Waals surface area contributed by atoms with Gasteiger partial charge >= 0.3 is 5.97 Å². The Hall–Kier alpha value is -3.34. The molecule has 136 valence electrons. The van der Waals surface area contributed by atoms with Crippen LogP contribution in [0.25, 0.3) is 33.0 Å². The van der Waals surface area contributed by atoms with E-state index in [1.165, 1.54) is 13.8 Å². The molecule has 1 aliphatic carbocycles. The number of Topliss-reactive ketones (excluding diaryl/α,β-unsaturated/α-hetero) is 1. The number of esters is 1. The third kappa shape index (κ3) is 2.54. The summed E-state index contributed by atoms with van der Waals surface area (Å²) in [4.78, 5) is 23.6. The molecule has 0 bridgehead atoms. The average molecular weight is 362 g/mol. The van der Waals surface area contributed by atoms with Crippen LogP contribution in [-0.2, 0) is 4.79 Å². The minimum Gasteiger partial charge on any atom is -0.497 e. The summed E-state index contributed by atoms with van der Waals surface area (Å²) in [5.41, 5.74) is 4.15. The number of benzene rings is 3. The molecule has 0 radical (unpaired) electrons. The van der Waals surface area contributed by atoms with E-state index in [1.54, 1.807) is 26.4 Å². The molecule has 0 aliphatic heterocycles. The third-order valence-corrected chi connectivity index (χ3v) is 4.84. The summed E-state index contributed by atoms with van der Waals surface area (Å²) in [6.45, 7) is 2.78. The van der Waals surface area contributed by atoms with Crippen molar-refractivity contribution in [1.29, 1.82) is 0 Å². The van der Waals surface area contributed by atoms with Gasteiger partial charge in [0, 0.05) is 17.7 Å². The number of fused-ring (bicyclic) bond motifs is 3. The Balaban J connectivity index is 2.09. The lowest BCUT2D eigenvalue weighted by Crippen LogP contribution is -2.06. The van der Waals surface area contributed by atoms with Crippen LogP contribution in [0.2, 0.25) is 0 Å². The summed E-state index contributed by atoms with van der Waals surface area (Å²) in [5.74, 6) is 1.09. The van der Waals surface area contributed by atoms with Gasteiger partial charge in [-0.25, -0.2) is 0 Å². The van der Waals surface area contributed by atoms with Gasteiger partial charge in [0.25, 0.3) is 0 Å². The largest absolute Gasteiger partial charge is 0.497 e. The van der Waals surface area contributed by atoms with E-state index in [-0.39, 0.29) is 11.5 Å². The quantitative estimate of drug-likeness (QED) is 0.301. The molecule has 0 saturated carbocycles.